The quantitative estimate of drug-likeness (QED) is 0.707. The summed E-state index contributed by atoms with van der Waals surface area (Å²) in [7, 11) is 5.89. The Hall–Kier alpha value is -2.08. The summed E-state index contributed by atoms with van der Waals surface area (Å²) < 4.78 is 0. The highest BCUT2D eigenvalue weighted by Gasteiger charge is 2.09. The Morgan fingerprint density at radius 2 is 1.65 bits per heavy atom. The second-order valence-corrected chi connectivity index (χ2v) is 5.86. The lowest BCUT2D eigenvalue weighted by atomic mass is 10.2. The molecule has 1 aromatic rings. The fourth-order valence-electron chi connectivity index (χ4n) is 2.07. The summed E-state index contributed by atoms with van der Waals surface area (Å²) in [5.74, 6) is -0.300. The van der Waals surface area contributed by atoms with Gasteiger partial charge in [-0.2, -0.15) is 0 Å². The number of hydrogen-bond donors (Lipinski definition) is 2. The van der Waals surface area contributed by atoms with E-state index in [1.165, 1.54) is 0 Å². The standard InChI is InChI=1S/C17H28N4O2/c1-5-10-18-16(22)11-19-17(23)13-21(4)12-14-6-8-15(9-7-14)20(2)3/h6-9H,5,10-13H2,1-4H3,(H,18,22)(H,19,23). The van der Waals surface area contributed by atoms with Gasteiger partial charge in [-0.05, 0) is 31.2 Å². The molecule has 0 aliphatic rings. The van der Waals surface area contributed by atoms with Crippen LogP contribution in [0.25, 0.3) is 0 Å². The van der Waals surface area contributed by atoms with E-state index in [1.54, 1.807) is 0 Å². The molecule has 0 saturated heterocycles. The molecule has 0 atom stereocenters. The van der Waals surface area contributed by atoms with Crippen molar-refractivity contribution in [3.63, 3.8) is 0 Å². The molecule has 23 heavy (non-hydrogen) atoms. The molecule has 2 N–H and O–H groups in total. The Morgan fingerprint density at radius 3 is 2.22 bits per heavy atom. The van der Waals surface area contributed by atoms with Crippen LogP contribution in [0.4, 0.5) is 5.69 Å². The number of amides is 2. The summed E-state index contributed by atoms with van der Waals surface area (Å²) in [4.78, 5) is 27.2. The maximum atomic E-state index is 11.8. The van der Waals surface area contributed by atoms with Gasteiger partial charge in [0, 0.05) is 32.9 Å². The number of nitrogens with zero attached hydrogens (tertiary/aromatic N) is 2. The Balaban J connectivity index is 2.33. The summed E-state index contributed by atoms with van der Waals surface area (Å²) in [6, 6.07) is 8.23. The number of benzene rings is 1. The number of carbonyl (C=O) groups is 2. The van der Waals surface area contributed by atoms with E-state index in [1.807, 2.05) is 37.9 Å². The van der Waals surface area contributed by atoms with Crippen molar-refractivity contribution in [3.05, 3.63) is 29.8 Å². The molecule has 0 unspecified atom stereocenters. The maximum Gasteiger partial charge on any atom is 0.239 e. The van der Waals surface area contributed by atoms with E-state index >= 15 is 0 Å². The highest BCUT2D eigenvalue weighted by Crippen LogP contribution is 2.13. The van der Waals surface area contributed by atoms with Gasteiger partial charge in [-0.25, -0.2) is 0 Å². The van der Waals surface area contributed by atoms with Crippen molar-refractivity contribution < 1.29 is 9.59 Å². The van der Waals surface area contributed by atoms with Gasteiger partial charge in [0.1, 0.15) is 0 Å². The highest BCUT2D eigenvalue weighted by molar-refractivity contribution is 5.85. The number of carbonyl (C=O) groups excluding carboxylic acids is 2. The summed E-state index contributed by atoms with van der Waals surface area (Å²) in [6.07, 6.45) is 0.884. The van der Waals surface area contributed by atoms with Crippen LogP contribution in [0.2, 0.25) is 0 Å². The van der Waals surface area contributed by atoms with Gasteiger partial charge in [0.25, 0.3) is 0 Å². The molecule has 0 fully saturated rings. The average Bonchev–Trinajstić information content (AvgIpc) is 2.51. The fraction of sp³-hybridized carbons (Fsp3) is 0.529. The van der Waals surface area contributed by atoms with Crippen molar-refractivity contribution in [3.8, 4) is 0 Å². The lowest BCUT2D eigenvalue weighted by Gasteiger charge is -2.17. The van der Waals surface area contributed by atoms with Gasteiger partial charge in [0.05, 0.1) is 13.1 Å². The van der Waals surface area contributed by atoms with E-state index < -0.39 is 0 Å². The molecular formula is C17H28N4O2. The third-order valence-electron chi connectivity index (χ3n) is 3.34. The molecule has 0 bridgehead atoms. The van der Waals surface area contributed by atoms with Crippen molar-refractivity contribution >= 4 is 17.5 Å². The molecule has 1 rings (SSSR count). The van der Waals surface area contributed by atoms with Gasteiger partial charge in [0.15, 0.2) is 0 Å². The van der Waals surface area contributed by atoms with Crippen LogP contribution in [0, 0.1) is 0 Å². The molecule has 0 spiro atoms. The lowest BCUT2D eigenvalue weighted by molar-refractivity contribution is -0.126. The topological polar surface area (TPSA) is 64.7 Å². The van der Waals surface area contributed by atoms with E-state index in [9.17, 15) is 9.59 Å². The summed E-state index contributed by atoms with van der Waals surface area (Å²) in [5.41, 5.74) is 2.29. The normalized spacial score (nSPS) is 10.5. The van der Waals surface area contributed by atoms with E-state index in [4.69, 9.17) is 0 Å². The van der Waals surface area contributed by atoms with E-state index in [0.29, 0.717) is 13.1 Å². The van der Waals surface area contributed by atoms with Gasteiger partial charge >= 0.3 is 0 Å². The van der Waals surface area contributed by atoms with Crippen LogP contribution < -0.4 is 15.5 Å². The molecule has 0 aliphatic carbocycles. The fourth-order valence-corrected chi connectivity index (χ4v) is 2.07. The Bertz CT molecular complexity index is 500. The highest BCUT2D eigenvalue weighted by atomic mass is 16.2. The molecule has 0 heterocycles. The molecular weight excluding hydrogens is 292 g/mol. The summed E-state index contributed by atoms with van der Waals surface area (Å²) in [6.45, 7) is 3.60. The maximum absolute atomic E-state index is 11.8. The largest absolute Gasteiger partial charge is 0.378 e. The number of hydrogen-bond acceptors (Lipinski definition) is 4. The Morgan fingerprint density at radius 1 is 1.00 bits per heavy atom. The van der Waals surface area contributed by atoms with Crippen LogP contribution in [0.1, 0.15) is 18.9 Å². The van der Waals surface area contributed by atoms with Crippen molar-refractivity contribution in [1.29, 1.82) is 0 Å². The summed E-state index contributed by atoms with van der Waals surface area (Å²) in [5, 5.41) is 5.36. The number of nitrogens with one attached hydrogen (secondary N) is 2. The molecule has 0 aliphatic heterocycles. The molecule has 128 valence electrons. The SMILES string of the molecule is CCCNC(=O)CNC(=O)CN(C)Cc1ccc(N(C)C)cc1. The monoisotopic (exact) mass is 320 g/mol. The second-order valence-electron chi connectivity index (χ2n) is 5.86. The molecule has 2 amide bonds. The van der Waals surface area contributed by atoms with E-state index in [2.05, 4.69) is 34.9 Å². The zero-order valence-electron chi connectivity index (χ0n) is 14.6. The van der Waals surface area contributed by atoms with Crippen molar-refractivity contribution in [2.75, 3.05) is 45.7 Å². The predicted molar refractivity (Wildman–Crippen MR) is 93.4 cm³/mol. The van der Waals surface area contributed by atoms with Crippen molar-refractivity contribution in [2.45, 2.75) is 19.9 Å². The first-order chi connectivity index (χ1) is 10.9. The van der Waals surface area contributed by atoms with Crippen LogP contribution in [-0.4, -0.2) is 57.5 Å². The van der Waals surface area contributed by atoms with Crippen LogP contribution in [0.3, 0.4) is 0 Å². The van der Waals surface area contributed by atoms with Crippen LogP contribution in [0.15, 0.2) is 24.3 Å². The Kier molecular flexibility index (Phi) is 8.11. The Labute approximate surface area is 138 Å². The van der Waals surface area contributed by atoms with Crippen LogP contribution in [-0.2, 0) is 16.1 Å². The lowest BCUT2D eigenvalue weighted by Crippen LogP contribution is -2.41. The van der Waals surface area contributed by atoms with Gasteiger partial charge in [-0.15, -0.1) is 0 Å². The van der Waals surface area contributed by atoms with Crippen molar-refractivity contribution in [1.82, 2.24) is 15.5 Å². The third-order valence-corrected chi connectivity index (χ3v) is 3.34. The number of rotatable bonds is 9. The second kappa shape index (κ2) is 9.84. The van der Waals surface area contributed by atoms with Crippen LogP contribution >= 0.6 is 0 Å². The number of anilines is 1. The number of likely N-dealkylation sites (N-methyl/N-ethyl adjacent to an activating group) is 1. The first-order valence-electron chi connectivity index (χ1n) is 7.90. The van der Waals surface area contributed by atoms with Gasteiger partial charge in [-0.3, -0.25) is 14.5 Å². The minimum absolute atomic E-state index is 0.0319. The molecule has 0 radical (unpaired) electrons. The average molecular weight is 320 g/mol. The van der Waals surface area contributed by atoms with Crippen LogP contribution in [0.5, 0.6) is 0 Å². The third kappa shape index (κ3) is 7.65. The van der Waals surface area contributed by atoms with Gasteiger partial charge in [-0.1, -0.05) is 19.1 Å². The smallest absolute Gasteiger partial charge is 0.239 e. The summed E-state index contributed by atoms with van der Waals surface area (Å²) >= 11 is 0. The minimum atomic E-state index is -0.151. The zero-order chi connectivity index (χ0) is 17.2. The van der Waals surface area contributed by atoms with E-state index in [-0.39, 0.29) is 24.9 Å². The van der Waals surface area contributed by atoms with Gasteiger partial charge in [0.2, 0.25) is 11.8 Å². The molecule has 1 aromatic carbocycles. The minimum Gasteiger partial charge on any atom is -0.378 e. The predicted octanol–water partition coefficient (Wildman–Crippen LogP) is 0.827. The molecule has 0 saturated carbocycles. The zero-order valence-corrected chi connectivity index (χ0v) is 14.6. The van der Waals surface area contributed by atoms with Gasteiger partial charge < -0.3 is 15.5 Å². The molecule has 6 nitrogen and oxygen atoms in total. The first-order valence-corrected chi connectivity index (χ1v) is 7.90. The molecule has 6 heteroatoms. The molecule has 0 aromatic heterocycles. The van der Waals surface area contributed by atoms with Crippen molar-refractivity contribution in [2.24, 2.45) is 0 Å². The first kappa shape index (κ1) is 19.0. The van der Waals surface area contributed by atoms with E-state index in [0.717, 1.165) is 17.7 Å².